The van der Waals surface area contributed by atoms with Gasteiger partial charge in [-0.2, -0.15) is 0 Å². The number of phenolic OH excluding ortho intramolecular Hbond substituents is 1. The fraction of sp³-hybridized carbons (Fsp3) is 0.310. The lowest BCUT2D eigenvalue weighted by Crippen LogP contribution is -2.66. The molecule has 34 heavy (non-hydrogen) atoms. The molecule has 0 radical (unpaired) electrons. The molecule has 1 aliphatic heterocycles. The first kappa shape index (κ1) is 21.9. The maximum Gasteiger partial charge on any atom is 0.115 e. The Morgan fingerprint density at radius 1 is 0.971 bits per heavy atom. The smallest absolute Gasteiger partial charge is 0.115 e. The van der Waals surface area contributed by atoms with E-state index in [1.165, 1.54) is 22.2 Å². The van der Waals surface area contributed by atoms with Gasteiger partial charge in [-0.15, -0.1) is 0 Å². The van der Waals surface area contributed by atoms with Gasteiger partial charge in [0.25, 0.3) is 0 Å². The van der Waals surface area contributed by atoms with Crippen molar-refractivity contribution in [2.45, 2.75) is 36.7 Å². The van der Waals surface area contributed by atoms with E-state index in [4.69, 9.17) is 0 Å². The number of piperidine rings is 1. The molecular formula is C29H29BrN2O2. The van der Waals surface area contributed by atoms with Crippen molar-refractivity contribution in [2.24, 2.45) is 0 Å². The highest BCUT2D eigenvalue weighted by atomic mass is 79.9. The molecule has 2 atom stereocenters. The molecule has 0 amide bonds. The highest BCUT2D eigenvalue weighted by Crippen LogP contribution is 2.52. The van der Waals surface area contributed by atoms with Crippen molar-refractivity contribution in [3.8, 4) is 5.75 Å². The third-order valence-electron chi connectivity index (χ3n) is 8.10. The van der Waals surface area contributed by atoms with E-state index in [0.29, 0.717) is 13.0 Å². The van der Waals surface area contributed by atoms with Gasteiger partial charge in [0, 0.05) is 52.4 Å². The molecule has 4 nitrogen and oxygen atoms in total. The van der Waals surface area contributed by atoms with Crippen molar-refractivity contribution in [3.63, 3.8) is 0 Å². The third-order valence-corrected chi connectivity index (χ3v) is 8.76. The summed E-state index contributed by atoms with van der Waals surface area (Å²) in [4.78, 5) is 6.08. The molecule has 1 aromatic heterocycles. The minimum absolute atomic E-state index is 0.255. The summed E-state index contributed by atoms with van der Waals surface area (Å²) in [5.41, 5.74) is 4.49. The molecule has 1 aliphatic carbocycles. The minimum atomic E-state index is -0.937. The second-order valence-electron chi connectivity index (χ2n) is 10.0. The number of fused-ring (bicyclic) bond motifs is 4. The van der Waals surface area contributed by atoms with Crippen LogP contribution in [0.3, 0.4) is 0 Å². The standard InChI is InChI=1S/C29H29BrN2O2/c30-24-10-5-11-25-27(24)23-17-29(34)19-32(14-12-20-6-2-1-3-7-20)15-13-28(29,18-26(23)31-25)21-8-4-9-22(33)16-21/h1-11,16,31,33-34H,12-15,17-19H2. The highest BCUT2D eigenvalue weighted by molar-refractivity contribution is 9.10. The number of aliphatic hydroxyl groups is 1. The molecule has 5 heteroatoms. The van der Waals surface area contributed by atoms with Gasteiger partial charge in [0.05, 0.1) is 5.60 Å². The van der Waals surface area contributed by atoms with Crippen LogP contribution in [-0.2, 0) is 24.7 Å². The van der Waals surface area contributed by atoms with Gasteiger partial charge in [-0.1, -0.05) is 64.5 Å². The van der Waals surface area contributed by atoms with Gasteiger partial charge in [-0.05, 0) is 60.3 Å². The Labute approximate surface area is 208 Å². The molecule has 2 heterocycles. The number of aromatic nitrogens is 1. The average Bonchev–Trinajstić information content (AvgIpc) is 3.19. The number of hydrogen-bond donors (Lipinski definition) is 3. The van der Waals surface area contributed by atoms with Crippen molar-refractivity contribution in [1.82, 2.24) is 9.88 Å². The molecule has 0 spiro atoms. The number of rotatable bonds is 4. The molecule has 3 N–H and O–H groups in total. The number of hydrogen-bond acceptors (Lipinski definition) is 3. The van der Waals surface area contributed by atoms with Gasteiger partial charge in [0.2, 0.25) is 0 Å². The van der Waals surface area contributed by atoms with Crippen molar-refractivity contribution in [1.29, 1.82) is 0 Å². The second kappa shape index (κ2) is 8.26. The van der Waals surface area contributed by atoms with Crippen LogP contribution in [0.25, 0.3) is 10.9 Å². The lowest BCUT2D eigenvalue weighted by Gasteiger charge is -2.56. The number of nitrogens with zero attached hydrogens (tertiary/aromatic N) is 1. The molecule has 2 unspecified atom stereocenters. The Kier molecular flexibility index (Phi) is 5.32. The lowest BCUT2D eigenvalue weighted by molar-refractivity contribution is -0.102. The van der Waals surface area contributed by atoms with E-state index in [1.54, 1.807) is 6.07 Å². The molecule has 0 saturated carbocycles. The SMILES string of the molecule is Oc1cccc(C23CCN(CCc4ccccc4)CC2(O)Cc2c([nH]c4cccc(Br)c24)C3)c1. The van der Waals surface area contributed by atoms with Crippen LogP contribution in [0.4, 0.5) is 0 Å². The third kappa shape index (κ3) is 3.49. The summed E-state index contributed by atoms with van der Waals surface area (Å²) in [5.74, 6) is 0.255. The number of nitrogens with one attached hydrogen (secondary N) is 1. The molecule has 3 aromatic carbocycles. The van der Waals surface area contributed by atoms with Crippen LogP contribution in [-0.4, -0.2) is 45.3 Å². The Bertz CT molecular complexity index is 1350. The highest BCUT2D eigenvalue weighted by Gasteiger charge is 2.57. The molecule has 2 aliphatic rings. The summed E-state index contributed by atoms with van der Waals surface area (Å²) >= 11 is 3.75. The Morgan fingerprint density at radius 3 is 2.62 bits per heavy atom. The van der Waals surface area contributed by atoms with Crippen LogP contribution in [0.1, 0.15) is 28.8 Å². The van der Waals surface area contributed by atoms with Gasteiger partial charge in [0.15, 0.2) is 0 Å². The Balaban J connectivity index is 1.41. The van der Waals surface area contributed by atoms with Gasteiger partial charge in [0.1, 0.15) is 5.75 Å². The van der Waals surface area contributed by atoms with Gasteiger partial charge >= 0.3 is 0 Å². The first-order chi connectivity index (χ1) is 16.5. The minimum Gasteiger partial charge on any atom is -0.508 e. The quantitative estimate of drug-likeness (QED) is 0.342. The zero-order chi connectivity index (χ0) is 23.3. The number of H-pyrrole nitrogens is 1. The normalized spacial score (nSPS) is 24.6. The summed E-state index contributed by atoms with van der Waals surface area (Å²) in [5, 5.41) is 24.0. The van der Waals surface area contributed by atoms with Gasteiger partial charge < -0.3 is 20.1 Å². The van der Waals surface area contributed by atoms with Crippen molar-refractivity contribution in [3.05, 3.63) is 99.7 Å². The molecular weight excluding hydrogens is 488 g/mol. The zero-order valence-electron chi connectivity index (χ0n) is 19.1. The molecule has 1 fully saturated rings. The van der Waals surface area contributed by atoms with E-state index >= 15 is 0 Å². The number of halogens is 1. The largest absolute Gasteiger partial charge is 0.508 e. The van der Waals surface area contributed by atoms with Crippen molar-refractivity contribution < 1.29 is 10.2 Å². The monoisotopic (exact) mass is 516 g/mol. The summed E-state index contributed by atoms with van der Waals surface area (Å²) in [6, 6.07) is 24.3. The van der Waals surface area contributed by atoms with Crippen LogP contribution in [0.2, 0.25) is 0 Å². The van der Waals surface area contributed by atoms with Crippen LogP contribution < -0.4 is 0 Å². The fourth-order valence-corrected chi connectivity index (χ4v) is 6.97. The molecule has 0 bridgehead atoms. The van der Waals surface area contributed by atoms with E-state index < -0.39 is 11.0 Å². The topological polar surface area (TPSA) is 59.5 Å². The van der Waals surface area contributed by atoms with E-state index in [0.717, 1.165) is 47.9 Å². The molecule has 1 saturated heterocycles. The fourth-order valence-electron chi connectivity index (χ4n) is 6.37. The molecule has 174 valence electrons. The molecule has 4 aromatic rings. The summed E-state index contributed by atoms with van der Waals surface area (Å²) in [6.07, 6.45) is 3.13. The van der Waals surface area contributed by atoms with Crippen LogP contribution in [0.15, 0.2) is 77.3 Å². The number of aromatic amines is 1. The lowest BCUT2D eigenvalue weighted by atomic mass is 9.56. The summed E-state index contributed by atoms with van der Waals surface area (Å²) in [6.45, 7) is 2.46. The predicted octanol–water partition coefficient (Wildman–Crippen LogP) is 5.35. The van der Waals surface area contributed by atoms with E-state index in [-0.39, 0.29) is 5.75 Å². The van der Waals surface area contributed by atoms with Crippen LogP contribution in [0, 0.1) is 0 Å². The Hall–Kier alpha value is -2.60. The number of phenols is 1. The maximum atomic E-state index is 12.5. The second-order valence-corrected chi connectivity index (χ2v) is 10.9. The number of likely N-dealkylation sites (tertiary alicyclic amines) is 1. The number of aromatic hydroxyl groups is 1. The van der Waals surface area contributed by atoms with Crippen LogP contribution >= 0.6 is 15.9 Å². The zero-order valence-corrected chi connectivity index (χ0v) is 20.7. The first-order valence-electron chi connectivity index (χ1n) is 12.0. The summed E-state index contributed by atoms with van der Waals surface area (Å²) in [7, 11) is 0. The predicted molar refractivity (Wildman–Crippen MR) is 139 cm³/mol. The number of benzene rings is 3. The number of β-amino-alcohol motifs (C(OH)–C–C–N with tert-alkyl or cyclic N) is 1. The Morgan fingerprint density at radius 2 is 1.79 bits per heavy atom. The van der Waals surface area contributed by atoms with Gasteiger partial charge in [-0.3, -0.25) is 0 Å². The van der Waals surface area contributed by atoms with Gasteiger partial charge in [-0.25, -0.2) is 0 Å². The average molecular weight is 517 g/mol. The maximum absolute atomic E-state index is 12.5. The van der Waals surface area contributed by atoms with Crippen LogP contribution in [0.5, 0.6) is 5.75 Å². The first-order valence-corrected chi connectivity index (χ1v) is 12.8. The van der Waals surface area contributed by atoms with Crippen molar-refractivity contribution in [2.75, 3.05) is 19.6 Å². The van der Waals surface area contributed by atoms with E-state index in [2.05, 4.69) is 74.3 Å². The summed E-state index contributed by atoms with van der Waals surface area (Å²) < 4.78 is 1.06. The van der Waals surface area contributed by atoms with E-state index in [9.17, 15) is 10.2 Å². The molecule has 6 rings (SSSR count). The van der Waals surface area contributed by atoms with Crippen molar-refractivity contribution >= 4 is 26.8 Å². The van der Waals surface area contributed by atoms with E-state index in [1.807, 2.05) is 18.2 Å².